The number of rotatable bonds is 8. The van der Waals surface area contributed by atoms with Gasteiger partial charge in [0.1, 0.15) is 0 Å². The van der Waals surface area contributed by atoms with E-state index < -0.39 is 10.8 Å². The molecule has 2 aliphatic heterocycles. The molecular weight excluding hydrogens is 480 g/mol. The molecule has 0 saturated heterocycles. The number of thioether (sulfide) groups is 1. The second-order valence-electron chi connectivity index (χ2n) is 8.61. The topological polar surface area (TPSA) is 101 Å². The van der Waals surface area contributed by atoms with Crippen LogP contribution >= 0.6 is 11.8 Å². The molecule has 2 aromatic rings. The molecule has 1 atom stereocenters. The normalized spacial score (nSPS) is 18.3. The molecule has 36 heavy (non-hydrogen) atoms. The Morgan fingerprint density at radius 1 is 1.11 bits per heavy atom. The maximum Gasteiger partial charge on any atom is 0.271 e. The number of hydrazone groups is 1. The smallest absolute Gasteiger partial charge is 0.271 e. The first kappa shape index (κ1) is 25.6. The van der Waals surface area contributed by atoms with E-state index in [0.29, 0.717) is 29.4 Å². The third-order valence-corrected chi connectivity index (χ3v) is 7.22. The van der Waals surface area contributed by atoms with Gasteiger partial charge in [-0.25, -0.2) is 0 Å². The van der Waals surface area contributed by atoms with Crippen molar-refractivity contribution in [2.75, 3.05) is 18.6 Å². The van der Waals surface area contributed by atoms with E-state index in [2.05, 4.69) is 17.3 Å². The fraction of sp³-hybridized carbons (Fsp3) is 0.385. The van der Waals surface area contributed by atoms with Crippen molar-refractivity contribution < 1.29 is 23.9 Å². The molecule has 0 saturated carbocycles. The largest absolute Gasteiger partial charge is 0.493 e. The van der Waals surface area contributed by atoms with Crippen LogP contribution < -0.4 is 19.7 Å². The van der Waals surface area contributed by atoms with Gasteiger partial charge in [-0.3, -0.25) is 14.4 Å². The van der Waals surface area contributed by atoms with Crippen LogP contribution in [0.3, 0.4) is 0 Å². The monoisotopic (exact) mass is 510 g/mol. The summed E-state index contributed by atoms with van der Waals surface area (Å²) in [4.78, 5) is 38.5. The van der Waals surface area contributed by atoms with Crippen molar-refractivity contribution in [3.8, 4) is 11.5 Å². The number of ether oxygens (including phenoxy) is 2. The SMILES string of the molecule is CCCCCOc1ccc(CN2C(=O)[C@]3(SC(NC(C)=O)=NN3C(C)=O)c3ccccc32)cc1OC. The molecule has 1 spiro atoms. The lowest BCUT2D eigenvalue weighted by Gasteiger charge is -2.29. The average molecular weight is 511 g/mol. The summed E-state index contributed by atoms with van der Waals surface area (Å²) in [6.45, 7) is 5.72. The molecule has 3 amide bonds. The molecule has 0 unspecified atom stereocenters. The number of hydrogen-bond donors (Lipinski definition) is 1. The molecule has 1 N–H and O–H groups in total. The minimum atomic E-state index is -1.42. The second-order valence-corrected chi connectivity index (χ2v) is 9.79. The van der Waals surface area contributed by atoms with Crippen LogP contribution in [0.4, 0.5) is 5.69 Å². The van der Waals surface area contributed by atoms with Crippen molar-refractivity contribution >= 4 is 40.3 Å². The lowest BCUT2D eigenvalue weighted by atomic mass is 10.1. The summed E-state index contributed by atoms with van der Waals surface area (Å²) in [5.41, 5.74) is 2.16. The Morgan fingerprint density at radius 3 is 2.58 bits per heavy atom. The van der Waals surface area contributed by atoms with E-state index in [-0.39, 0.29) is 23.5 Å². The minimum Gasteiger partial charge on any atom is -0.493 e. The summed E-state index contributed by atoms with van der Waals surface area (Å²) in [7, 11) is 1.59. The predicted molar refractivity (Wildman–Crippen MR) is 139 cm³/mol. The summed E-state index contributed by atoms with van der Waals surface area (Å²) in [5, 5.41) is 8.27. The van der Waals surface area contributed by atoms with Gasteiger partial charge in [-0.1, -0.05) is 44.0 Å². The average Bonchev–Trinajstić information content (AvgIpc) is 3.34. The zero-order chi connectivity index (χ0) is 25.9. The zero-order valence-electron chi connectivity index (χ0n) is 20.9. The van der Waals surface area contributed by atoms with E-state index in [9.17, 15) is 14.4 Å². The van der Waals surface area contributed by atoms with Crippen LogP contribution in [0.1, 0.15) is 51.2 Å². The molecule has 2 aromatic carbocycles. The van der Waals surface area contributed by atoms with Gasteiger partial charge < -0.3 is 19.7 Å². The van der Waals surface area contributed by atoms with E-state index in [1.54, 1.807) is 12.0 Å². The number of carbonyl (C=O) groups excluding carboxylic acids is 3. The number of hydrogen-bond acceptors (Lipinski definition) is 7. The Labute approximate surface area is 214 Å². The first-order valence-corrected chi connectivity index (χ1v) is 12.7. The fourth-order valence-electron chi connectivity index (χ4n) is 4.37. The van der Waals surface area contributed by atoms with Crippen LogP contribution in [0.25, 0.3) is 0 Å². The van der Waals surface area contributed by atoms with Crippen molar-refractivity contribution in [3.05, 3.63) is 53.6 Å². The van der Waals surface area contributed by atoms with E-state index in [1.165, 1.54) is 13.8 Å². The van der Waals surface area contributed by atoms with Crippen molar-refractivity contribution in [1.82, 2.24) is 10.3 Å². The van der Waals surface area contributed by atoms with Crippen molar-refractivity contribution in [1.29, 1.82) is 0 Å². The molecule has 10 heteroatoms. The molecular formula is C26H30N4O5S. The highest BCUT2D eigenvalue weighted by atomic mass is 32.2. The molecule has 2 heterocycles. The molecule has 190 valence electrons. The van der Waals surface area contributed by atoms with Gasteiger partial charge in [0, 0.05) is 19.4 Å². The number of benzene rings is 2. The molecule has 0 bridgehead atoms. The van der Waals surface area contributed by atoms with Gasteiger partial charge in [-0.05, 0) is 41.9 Å². The summed E-state index contributed by atoms with van der Waals surface area (Å²) in [5.74, 6) is 0.201. The highest BCUT2D eigenvalue weighted by Gasteiger charge is 2.61. The van der Waals surface area contributed by atoms with E-state index in [0.717, 1.165) is 41.6 Å². The maximum absolute atomic E-state index is 14.0. The van der Waals surface area contributed by atoms with Crippen LogP contribution in [-0.4, -0.2) is 41.6 Å². The first-order valence-electron chi connectivity index (χ1n) is 11.9. The van der Waals surface area contributed by atoms with Crippen molar-refractivity contribution in [2.24, 2.45) is 5.10 Å². The number of anilines is 1. The molecule has 0 radical (unpaired) electrons. The Kier molecular flexibility index (Phi) is 7.53. The second kappa shape index (κ2) is 10.6. The lowest BCUT2D eigenvalue weighted by molar-refractivity contribution is -0.139. The van der Waals surface area contributed by atoms with Gasteiger partial charge >= 0.3 is 0 Å². The zero-order valence-corrected chi connectivity index (χ0v) is 21.7. The quantitative estimate of drug-likeness (QED) is 0.540. The van der Waals surface area contributed by atoms with E-state index in [1.807, 2.05) is 42.5 Å². The minimum absolute atomic E-state index is 0.203. The van der Waals surface area contributed by atoms with Crippen LogP contribution in [0.15, 0.2) is 47.6 Å². The number of amidine groups is 1. The summed E-state index contributed by atoms with van der Waals surface area (Å²) in [6, 6.07) is 12.9. The Bertz CT molecular complexity index is 1220. The Balaban J connectivity index is 1.64. The van der Waals surface area contributed by atoms with Gasteiger partial charge in [-0.15, -0.1) is 5.10 Å². The van der Waals surface area contributed by atoms with Gasteiger partial charge in [0.05, 0.1) is 25.9 Å². The van der Waals surface area contributed by atoms with Crippen molar-refractivity contribution in [2.45, 2.75) is 51.4 Å². The summed E-state index contributed by atoms with van der Waals surface area (Å²) < 4.78 is 11.4. The Hall–Kier alpha value is -3.53. The number of amides is 3. The van der Waals surface area contributed by atoms with Crippen LogP contribution in [0.5, 0.6) is 11.5 Å². The number of para-hydroxylation sites is 1. The lowest BCUT2D eigenvalue weighted by Crippen LogP contribution is -2.48. The standard InChI is InChI=1S/C26H30N4O5S/c1-5-6-9-14-35-22-13-12-19(15-23(22)34-4)16-29-21-11-8-7-10-20(21)26(24(29)33)30(18(3)32)28-25(36-26)27-17(2)31/h7-8,10-13,15H,5-6,9,14,16H2,1-4H3,(H,27,28,31)/t26-/m1/s1. The van der Waals surface area contributed by atoms with E-state index >= 15 is 0 Å². The van der Waals surface area contributed by atoms with Crippen LogP contribution in [-0.2, 0) is 25.8 Å². The third-order valence-electron chi connectivity index (χ3n) is 5.98. The molecule has 4 rings (SSSR count). The van der Waals surface area contributed by atoms with Gasteiger partial charge in [-0.2, -0.15) is 5.01 Å². The molecule has 9 nitrogen and oxygen atoms in total. The van der Waals surface area contributed by atoms with Gasteiger partial charge in [0.25, 0.3) is 5.91 Å². The third kappa shape index (κ3) is 4.65. The van der Waals surface area contributed by atoms with Crippen LogP contribution in [0, 0.1) is 0 Å². The van der Waals surface area contributed by atoms with E-state index in [4.69, 9.17) is 9.47 Å². The molecule has 2 aliphatic rings. The Morgan fingerprint density at radius 2 is 1.89 bits per heavy atom. The number of unbranched alkanes of at least 4 members (excludes halogenated alkanes) is 2. The highest BCUT2D eigenvalue weighted by Crippen LogP contribution is 2.54. The van der Waals surface area contributed by atoms with Crippen molar-refractivity contribution in [3.63, 3.8) is 0 Å². The number of nitrogens with one attached hydrogen (secondary N) is 1. The molecule has 0 aromatic heterocycles. The first-order chi connectivity index (χ1) is 17.3. The van der Waals surface area contributed by atoms with Gasteiger partial charge in [0.15, 0.2) is 16.7 Å². The molecule has 0 fully saturated rings. The van der Waals surface area contributed by atoms with Gasteiger partial charge in [0.2, 0.25) is 16.7 Å². The summed E-state index contributed by atoms with van der Waals surface area (Å²) >= 11 is 1.06. The number of nitrogens with zero attached hydrogens (tertiary/aromatic N) is 3. The fourth-order valence-corrected chi connectivity index (χ4v) is 5.70. The molecule has 0 aliphatic carbocycles. The number of fused-ring (bicyclic) bond motifs is 2. The number of methoxy groups -OCH3 is 1. The summed E-state index contributed by atoms with van der Waals surface area (Å²) in [6.07, 6.45) is 3.18. The number of carbonyl (C=O) groups is 3. The van der Waals surface area contributed by atoms with Crippen LogP contribution in [0.2, 0.25) is 0 Å². The maximum atomic E-state index is 14.0. The predicted octanol–water partition coefficient (Wildman–Crippen LogP) is 3.97. The highest BCUT2D eigenvalue weighted by molar-refractivity contribution is 8.15.